The van der Waals surface area contributed by atoms with Crippen molar-refractivity contribution in [2.45, 2.75) is 26.9 Å². The third kappa shape index (κ3) is 2.18. The zero-order valence-corrected chi connectivity index (χ0v) is 12.9. The summed E-state index contributed by atoms with van der Waals surface area (Å²) in [6.07, 6.45) is -4.39. The third-order valence-corrected chi connectivity index (χ3v) is 5.14. The molecule has 0 N–H and O–H groups in total. The molecule has 2 nitrogen and oxygen atoms in total. The van der Waals surface area contributed by atoms with Crippen molar-refractivity contribution < 1.29 is 13.2 Å². The molecule has 3 rings (SSSR count). The van der Waals surface area contributed by atoms with Crippen molar-refractivity contribution in [1.82, 2.24) is 4.98 Å². The number of alkyl halides is 3. The van der Waals surface area contributed by atoms with E-state index in [0.29, 0.717) is 31.9 Å². The van der Waals surface area contributed by atoms with Gasteiger partial charge in [-0.25, -0.2) is 4.98 Å². The van der Waals surface area contributed by atoms with E-state index in [1.165, 1.54) is 17.4 Å². The van der Waals surface area contributed by atoms with Crippen molar-refractivity contribution in [3.63, 3.8) is 0 Å². The van der Waals surface area contributed by atoms with Crippen LogP contribution in [0.3, 0.4) is 0 Å². The second kappa shape index (κ2) is 4.78. The molecule has 22 heavy (non-hydrogen) atoms. The molecule has 0 spiro atoms. The predicted molar refractivity (Wildman–Crippen MR) is 81.7 cm³/mol. The zero-order valence-electron chi connectivity index (χ0n) is 12.1. The molecule has 1 heterocycles. The topological polar surface area (TPSA) is 30.0 Å². The highest BCUT2D eigenvalue weighted by Crippen LogP contribution is 2.37. The summed E-state index contributed by atoms with van der Waals surface area (Å²) < 4.78 is 38.9. The van der Waals surface area contributed by atoms with Crippen LogP contribution in [0.1, 0.15) is 22.3 Å². The Morgan fingerprint density at radius 1 is 1.05 bits per heavy atom. The summed E-state index contributed by atoms with van der Waals surface area (Å²) in [4.78, 5) is 17.3. The van der Waals surface area contributed by atoms with Gasteiger partial charge in [0.25, 0.3) is 0 Å². The Labute approximate surface area is 128 Å². The minimum atomic E-state index is -4.39. The molecule has 0 amide bonds. The van der Waals surface area contributed by atoms with Crippen molar-refractivity contribution in [3.8, 4) is 10.6 Å². The van der Waals surface area contributed by atoms with Crippen molar-refractivity contribution in [3.05, 3.63) is 50.7 Å². The molecule has 0 unspecified atom stereocenters. The Balaban J connectivity index is 2.43. The summed E-state index contributed by atoms with van der Waals surface area (Å²) >= 11 is 1.18. The van der Waals surface area contributed by atoms with Gasteiger partial charge < -0.3 is 0 Å². The van der Waals surface area contributed by atoms with E-state index in [1.807, 2.05) is 6.92 Å². The first-order valence-corrected chi connectivity index (χ1v) is 7.43. The second-order valence-corrected chi connectivity index (χ2v) is 6.33. The van der Waals surface area contributed by atoms with E-state index in [1.54, 1.807) is 13.8 Å². The van der Waals surface area contributed by atoms with Gasteiger partial charge in [0.2, 0.25) is 0 Å². The SMILES string of the molecule is Cc1c2nc3ccc(C(F)(F)F)cc3sc-2c(C)c(=O)c1C. The normalized spacial score (nSPS) is 12.3. The number of nitrogens with zero attached hydrogens (tertiary/aromatic N) is 1. The fourth-order valence-corrected chi connectivity index (χ4v) is 3.60. The maximum Gasteiger partial charge on any atom is 0.416 e. The monoisotopic (exact) mass is 323 g/mol. The van der Waals surface area contributed by atoms with Crippen LogP contribution in [0.4, 0.5) is 13.2 Å². The maximum absolute atomic E-state index is 12.8. The summed E-state index contributed by atoms with van der Waals surface area (Å²) in [5.41, 5.74) is 2.36. The van der Waals surface area contributed by atoms with Gasteiger partial charge in [0.1, 0.15) is 0 Å². The van der Waals surface area contributed by atoms with Crippen LogP contribution >= 0.6 is 11.3 Å². The summed E-state index contributed by atoms with van der Waals surface area (Å²) in [5.74, 6) is 0. The lowest BCUT2D eigenvalue weighted by Gasteiger charge is -2.14. The molecule has 0 saturated carbocycles. The van der Waals surface area contributed by atoms with Gasteiger partial charge in [0, 0.05) is 11.1 Å². The van der Waals surface area contributed by atoms with Crippen molar-refractivity contribution >= 4 is 21.6 Å². The predicted octanol–water partition coefficient (Wildman–Crippen LogP) is 4.71. The van der Waals surface area contributed by atoms with Crippen LogP contribution in [0.15, 0.2) is 23.0 Å². The van der Waals surface area contributed by atoms with Gasteiger partial charge >= 0.3 is 6.18 Å². The molecule has 1 aromatic carbocycles. The van der Waals surface area contributed by atoms with Crippen molar-refractivity contribution in [2.75, 3.05) is 0 Å². The van der Waals surface area contributed by atoms with Crippen molar-refractivity contribution in [2.24, 2.45) is 0 Å². The number of aromatic nitrogens is 1. The smallest absolute Gasteiger partial charge is 0.289 e. The average Bonchev–Trinajstić information content (AvgIpc) is 2.48. The first kappa shape index (κ1) is 15.0. The molecular formula is C16H12F3NOS. The Bertz CT molecular complexity index is 927. The van der Waals surface area contributed by atoms with Crippen LogP contribution in [0, 0.1) is 20.8 Å². The number of hydrogen-bond donors (Lipinski definition) is 0. The van der Waals surface area contributed by atoms with Crippen LogP contribution in [0.5, 0.6) is 0 Å². The summed E-state index contributed by atoms with van der Waals surface area (Å²) in [6.45, 7) is 5.25. The Hall–Kier alpha value is -1.95. The number of halogens is 3. The molecule has 0 atom stereocenters. The lowest BCUT2D eigenvalue weighted by atomic mass is 10.0. The molecular weight excluding hydrogens is 311 g/mol. The van der Waals surface area contributed by atoms with E-state index in [2.05, 4.69) is 4.98 Å². The van der Waals surface area contributed by atoms with Crippen LogP contribution in [-0.4, -0.2) is 4.98 Å². The lowest BCUT2D eigenvalue weighted by Crippen LogP contribution is -2.14. The maximum atomic E-state index is 12.8. The fraction of sp³-hybridized carbons (Fsp3) is 0.250. The van der Waals surface area contributed by atoms with E-state index in [9.17, 15) is 18.0 Å². The molecule has 6 heteroatoms. The molecule has 0 saturated heterocycles. The first-order valence-electron chi connectivity index (χ1n) is 6.61. The first-order chi connectivity index (χ1) is 10.2. The number of benzene rings is 2. The van der Waals surface area contributed by atoms with Gasteiger partial charge in [-0.15, -0.1) is 11.3 Å². The van der Waals surface area contributed by atoms with Gasteiger partial charge in [0.05, 0.1) is 26.4 Å². The average molecular weight is 323 g/mol. The van der Waals surface area contributed by atoms with Gasteiger partial charge in [-0.1, -0.05) is 0 Å². The van der Waals surface area contributed by atoms with Crippen LogP contribution < -0.4 is 5.43 Å². The molecule has 114 valence electrons. The lowest BCUT2D eigenvalue weighted by molar-refractivity contribution is -0.137. The molecule has 1 aromatic rings. The van der Waals surface area contributed by atoms with E-state index >= 15 is 0 Å². The van der Waals surface area contributed by atoms with Crippen LogP contribution in [-0.2, 0) is 6.18 Å². The second-order valence-electron chi connectivity index (χ2n) is 5.28. The molecule has 0 radical (unpaired) electrons. The molecule has 0 aromatic heterocycles. The molecule has 1 aliphatic heterocycles. The summed E-state index contributed by atoms with van der Waals surface area (Å²) in [6, 6.07) is 3.50. The highest BCUT2D eigenvalue weighted by molar-refractivity contribution is 7.21. The molecule has 0 bridgehead atoms. The standard InChI is InChI=1S/C16H12F3NOS/c1-7-8(2)14(21)9(3)15-13(7)20-11-5-4-10(16(17,18)19)6-12(11)22-15/h4-6H,1-3H3. The highest BCUT2D eigenvalue weighted by Gasteiger charge is 2.31. The number of rotatable bonds is 0. The van der Waals surface area contributed by atoms with Crippen LogP contribution in [0.25, 0.3) is 20.8 Å². The van der Waals surface area contributed by atoms with Gasteiger partial charge in [-0.05, 0) is 44.5 Å². The minimum Gasteiger partial charge on any atom is -0.289 e. The zero-order chi connectivity index (χ0) is 16.2. The summed E-state index contributed by atoms with van der Waals surface area (Å²) in [5, 5.41) is 0. The van der Waals surface area contributed by atoms with E-state index in [0.717, 1.165) is 17.7 Å². The largest absolute Gasteiger partial charge is 0.416 e. The quantitative estimate of drug-likeness (QED) is 0.561. The Morgan fingerprint density at radius 3 is 2.36 bits per heavy atom. The molecule has 0 fully saturated rings. The Kier molecular flexibility index (Phi) is 3.25. The molecule has 2 aliphatic rings. The molecule has 1 aliphatic carbocycles. The number of fused-ring (bicyclic) bond motifs is 2. The minimum absolute atomic E-state index is 0.0747. The van der Waals surface area contributed by atoms with Gasteiger partial charge in [-0.2, -0.15) is 13.2 Å². The highest BCUT2D eigenvalue weighted by atomic mass is 32.1. The van der Waals surface area contributed by atoms with E-state index in [-0.39, 0.29) is 5.43 Å². The van der Waals surface area contributed by atoms with E-state index < -0.39 is 11.7 Å². The summed E-state index contributed by atoms with van der Waals surface area (Å²) in [7, 11) is 0. The van der Waals surface area contributed by atoms with Crippen LogP contribution in [0.2, 0.25) is 0 Å². The van der Waals surface area contributed by atoms with E-state index in [4.69, 9.17) is 0 Å². The third-order valence-electron chi connectivity index (χ3n) is 3.89. The fourth-order valence-electron chi connectivity index (χ4n) is 2.43. The van der Waals surface area contributed by atoms with Crippen molar-refractivity contribution in [1.29, 1.82) is 0 Å². The Morgan fingerprint density at radius 2 is 1.73 bits per heavy atom. The van der Waals surface area contributed by atoms with Gasteiger partial charge in [-0.3, -0.25) is 4.79 Å². The van der Waals surface area contributed by atoms with Gasteiger partial charge in [0.15, 0.2) is 5.43 Å². The number of hydrogen-bond acceptors (Lipinski definition) is 3.